The number of methoxy groups -OCH3 is 1. The van der Waals surface area contributed by atoms with E-state index in [1.807, 2.05) is 26.0 Å². The molecule has 0 unspecified atom stereocenters. The molecule has 10 heavy (non-hydrogen) atoms. The molecule has 0 spiro atoms. The lowest BCUT2D eigenvalue weighted by Gasteiger charge is -1.98. The third-order valence-corrected chi connectivity index (χ3v) is 1.26. The lowest BCUT2D eigenvalue weighted by molar-refractivity contribution is 0.307. The maximum absolute atomic E-state index is 4.97. The van der Waals surface area contributed by atoms with Crippen LogP contribution >= 0.6 is 0 Å². The van der Waals surface area contributed by atoms with Crippen LogP contribution in [0.3, 0.4) is 0 Å². The second kappa shape index (κ2) is 4.86. The zero-order valence-electron chi connectivity index (χ0n) is 6.85. The lowest BCUT2D eigenvalue weighted by atomic mass is 10.2. The molecule has 0 aliphatic heterocycles. The van der Waals surface area contributed by atoms with Crippen LogP contribution in [0.1, 0.15) is 13.8 Å². The Morgan fingerprint density at radius 3 is 2.40 bits per heavy atom. The van der Waals surface area contributed by atoms with E-state index < -0.39 is 0 Å². The molecule has 0 amide bonds. The summed E-state index contributed by atoms with van der Waals surface area (Å²) in [6.45, 7) is 7.60. The number of rotatable bonds is 3. The van der Waals surface area contributed by atoms with Gasteiger partial charge in [-0.2, -0.15) is 0 Å². The van der Waals surface area contributed by atoms with Gasteiger partial charge < -0.3 is 4.74 Å². The van der Waals surface area contributed by atoms with Gasteiger partial charge in [-0.05, 0) is 26.0 Å². The molecule has 0 aromatic carbocycles. The summed E-state index contributed by atoms with van der Waals surface area (Å²) in [5.74, 6) is 0.801. The Morgan fingerprint density at radius 1 is 1.50 bits per heavy atom. The Kier molecular flexibility index (Phi) is 4.38. The highest BCUT2D eigenvalue weighted by molar-refractivity contribution is 5.23. The largest absolute Gasteiger partial charge is 0.497 e. The molecule has 0 fully saturated rings. The van der Waals surface area contributed by atoms with Gasteiger partial charge in [-0.25, -0.2) is 0 Å². The van der Waals surface area contributed by atoms with Gasteiger partial charge in [0.15, 0.2) is 0 Å². The van der Waals surface area contributed by atoms with Gasteiger partial charge in [0.2, 0.25) is 0 Å². The Labute approximate surface area is 62.7 Å². The van der Waals surface area contributed by atoms with Gasteiger partial charge in [-0.15, -0.1) is 0 Å². The molecular weight excluding hydrogens is 124 g/mol. The molecule has 0 aliphatic carbocycles. The van der Waals surface area contributed by atoms with Crippen molar-refractivity contribution in [3.63, 3.8) is 0 Å². The SMILES string of the molecule is C=C/C(=C\C(C)=C/C)OC. The first kappa shape index (κ1) is 9.02. The molecule has 0 saturated carbocycles. The van der Waals surface area contributed by atoms with Gasteiger partial charge in [0, 0.05) is 0 Å². The monoisotopic (exact) mass is 138 g/mol. The van der Waals surface area contributed by atoms with Gasteiger partial charge in [0.25, 0.3) is 0 Å². The molecule has 56 valence electrons. The number of hydrogen-bond donors (Lipinski definition) is 0. The third-order valence-electron chi connectivity index (χ3n) is 1.26. The van der Waals surface area contributed by atoms with E-state index in [0.717, 1.165) is 5.76 Å². The fraction of sp³-hybridized carbons (Fsp3) is 0.333. The van der Waals surface area contributed by atoms with Crippen LogP contribution in [0.15, 0.2) is 36.1 Å². The Bertz CT molecular complexity index is 164. The van der Waals surface area contributed by atoms with Crippen LogP contribution in [0, 0.1) is 0 Å². The van der Waals surface area contributed by atoms with Crippen LogP contribution in [-0.4, -0.2) is 7.11 Å². The minimum Gasteiger partial charge on any atom is -0.497 e. The van der Waals surface area contributed by atoms with Crippen LogP contribution in [0.25, 0.3) is 0 Å². The van der Waals surface area contributed by atoms with Crippen molar-refractivity contribution in [2.75, 3.05) is 7.11 Å². The van der Waals surface area contributed by atoms with Crippen molar-refractivity contribution in [2.24, 2.45) is 0 Å². The maximum atomic E-state index is 4.97. The maximum Gasteiger partial charge on any atom is 0.118 e. The number of allylic oxidation sites excluding steroid dienone is 4. The van der Waals surface area contributed by atoms with E-state index >= 15 is 0 Å². The number of ether oxygens (including phenoxy) is 1. The van der Waals surface area contributed by atoms with E-state index in [-0.39, 0.29) is 0 Å². The van der Waals surface area contributed by atoms with Crippen LogP contribution in [-0.2, 0) is 4.74 Å². The van der Waals surface area contributed by atoms with Gasteiger partial charge >= 0.3 is 0 Å². The summed E-state index contributed by atoms with van der Waals surface area (Å²) >= 11 is 0. The van der Waals surface area contributed by atoms with Crippen molar-refractivity contribution >= 4 is 0 Å². The molecule has 0 rings (SSSR count). The smallest absolute Gasteiger partial charge is 0.118 e. The minimum absolute atomic E-state index is 0.801. The predicted octanol–water partition coefficient (Wildman–Crippen LogP) is 2.67. The van der Waals surface area contributed by atoms with Gasteiger partial charge in [0.05, 0.1) is 7.11 Å². The van der Waals surface area contributed by atoms with Gasteiger partial charge in [-0.1, -0.05) is 18.2 Å². The average molecular weight is 138 g/mol. The van der Waals surface area contributed by atoms with Crippen LogP contribution < -0.4 is 0 Å². The molecule has 0 atom stereocenters. The van der Waals surface area contributed by atoms with E-state index in [1.165, 1.54) is 5.57 Å². The highest BCUT2D eigenvalue weighted by atomic mass is 16.5. The predicted molar refractivity (Wildman–Crippen MR) is 44.7 cm³/mol. The van der Waals surface area contributed by atoms with E-state index in [4.69, 9.17) is 4.74 Å². The fourth-order valence-electron chi connectivity index (χ4n) is 0.509. The zero-order chi connectivity index (χ0) is 7.98. The van der Waals surface area contributed by atoms with Crippen molar-refractivity contribution in [3.05, 3.63) is 36.1 Å². The molecule has 0 heterocycles. The van der Waals surface area contributed by atoms with Crippen LogP contribution in [0.2, 0.25) is 0 Å². The average Bonchev–Trinajstić information content (AvgIpc) is 1.99. The van der Waals surface area contributed by atoms with Crippen LogP contribution in [0.4, 0.5) is 0 Å². The second-order valence-corrected chi connectivity index (χ2v) is 1.99. The molecule has 0 aromatic rings. The summed E-state index contributed by atoms with van der Waals surface area (Å²) in [7, 11) is 1.64. The third kappa shape index (κ3) is 3.13. The quantitative estimate of drug-likeness (QED) is 0.430. The van der Waals surface area contributed by atoms with Gasteiger partial charge in [-0.3, -0.25) is 0 Å². The summed E-state index contributed by atoms with van der Waals surface area (Å²) in [6.07, 6.45) is 5.64. The molecular formula is C9H14O. The summed E-state index contributed by atoms with van der Waals surface area (Å²) in [5, 5.41) is 0. The molecule has 0 bridgehead atoms. The first-order chi connectivity index (χ1) is 4.74. The van der Waals surface area contributed by atoms with Crippen molar-refractivity contribution in [1.29, 1.82) is 0 Å². The van der Waals surface area contributed by atoms with E-state index in [2.05, 4.69) is 6.58 Å². The van der Waals surface area contributed by atoms with Gasteiger partial charge in [0.1, 0.15) is 5.76 Å². The van der Waals surface area contributed by atoms with Crippen molar-refractivity contribution in [2.45, 2.75) is 13.8 Å². The van der Waals surface area contributed by atoms with Crippen molar-refractivity contribution < 1.29 is 4.74 Å². The summed E-state index contributed by atoms with van der Waals surface area (Å²) < 4.78 is 4.97. The zero-order valence-corrected chi connectivity index (χ0v) is 6.85. The summed E-state index contributed by atoms with van der Waals surface area (Å²) in [5.41, 5.74) is 1.18. The Balaban J connectivity index is 4.24. The Morgan fingerprint density at radius 2 is 2.10 bits per heavy atom. The normalized spacial score (nSPS) is 13.1. The highest BCUT2D eigenvalue weighted by Crippen LogP contribution is 2.02. The first-order valence-electron chi connectivity index (χ1n) is 3.25. The second-order valence-electron chi connectivity index (χ2n) is 1.99. The fourth-order valence-corrected chi connectivity index (χ4v) is 0.509. The summed E-state index contributed by atoms with van der Waals surface area (Å²) in [6, 6.07) is 0. The number of hydrogen-bond acceptors (Lipinski definition) is 1. The molecule has 0 N–H and O–H groups in total. The van der Waals surface area contributed by atoms with Crippen molar-refractivity contribution in [3.8, 4) is 0 Å². The minimum atomic E-state index is 0.801. The first-order valence-corrected chi connectivity index (χ1v) is 3.25. The van der Waals surface area contributed by atoms with E-state index in [1.54, 1.807) is 13.2 Å². The highest BCUT2D eigenvalue weighted by Gasteiger charge is 1.86. The topological polar surface area (TPSA) is 9.23 Å². The summed E-state index contributed by atoms with van der Waals surface area (Å²) in [4.78, 5) is 0. The molecule has 1 heteroatoms. The molecule has 0 aliphatic rings. The van der Waals surface area contributed by atoms with Crippen LogP contribution in [0.5, 0.6) is 0 Å². The van der Waals surface area contributed by atoms with E-state index in [9.17, 15) is 0 Å². The lowest BCUT2D eigenvalue weighted by Crippen LogP contribution is -1.80. The molecule has 1 nitrogen and oxygen atoms in total. The standard InChI is InChI=1S/C9H14O/c1-5-8(3)7-9(6-2)10-4/h5-7H,2H2,1,3-4H3/b8-5-,9-7+. The molecule has 0 radical (unpaired) electrons. The Hall–Kier alpha value is -0.980. The van der Waals surface area contributed by atoms with Crippen molar-refractivity contribution in [1.82, 2.24) is 0 Å². The molecule has 0 aromatic heterocycles. The van der Waals surface area contributed by atoms with E-state index in [0.29, 0.717) is 0 Å². The molecule has 0 saturated heterocycles.